The van der Waals surface area contributed by atoms with Crippen molar-refractivity contribution in [3.05, 3.63) is 93.6 Å². The fourth-order valence-electron chi connectivity index (χ4n) is 2.86. The summed E-state index contributed by atoms with van der Waals surface area (Å²) in [5.41, 5.74) is 5.12. The van der Waals surface area contributed by atoms with Gasteiger partial charge >= 0.3 is 12.1 Å². The molecule has 0 aliphatic rings. The first-order chi connectivity index (χ1) is 24.9. The lowest BCUT2D eigenvalue weighted by molar-refractivity contribution is 0.0936. The van der Waals surface area contributed by atoms with Crippen molar-refractivity contribution in [3.63, 3.8) is 0 Å². The smallest absolute Gasteiger partial charge is 0.338 e. The number of aromatic nitrogens is 10. The van der Waals surface area contributed by atoms with Gasteiger partial charge in [0.15, 0.2) is 0 Å². The van der Waals surface area contributed by atoms with Gasteiger partial charge in [-0.15, -0.1) is 23.2 Å². The van der Waals surface area contributed by atoms with Gasteiger partial charge in [0.25, 0.3) is 0 Å². The SMILES string of the molecule is CC(=O)n1ccnc1.ClCCl.NCCOCCCO.O=C(NCCOCCCO)n1ccnc1.O=C(n1ccnc1)n1ccnc1.c1c[nH]cn1. The number of aliphatic hydroxyl groups is 2. The van der Waals surface area contributed by atoms with Gasteiger partial charge in [-0.1, -0.05) is 0 Å². The zero-order valence-electron chi connectivity index (χ0n) is 28.2. The van der Waals surface area contributed by atoms with E-state index in [4.69, 9.17) is 48.6 Å². The van der Waals surface area contributed by atoms with Crippen molar-refractivity contribution in [2.24, 2.45) is 5.73 Å². The molecule has 0 atom stereocenters. The molecule has 0 radical (unpaired) electrons. The number of alkyl halides is 2. The quantitative estimate of drug-likeness (QED) is 0.0959. The topological polar surface area (TPSA) is 248 Å². The Morgan fingerprint density at radius 3 is 1.53 bits per heavy atom. The van der Waals surface area contributed by atoms with Crippen molar-refractivity contribution in [1.29, 1.82) is 0 Å². The zero-order valence-corrected chi connectivity index (χ0v) is 29.7. The summed E-state index contributed by atoms with van der Waals surface area (Å²) >= 11 is 9.53. The van der Waals surface area contributed by atoms with Gasteiger partial charge in [-0.25, -0.2) is 34.5 Å². The Bertz CT molecular complexity index is 1360. The van der Waals surface area contributed by atoms with Crippen LogP contribution in [0.25, 0.3) is 0 Å². The maximum Gasteiger partial charge on any atom is 0.338 e. The van der Waals surface area contributed by atoms with Crippen LogP contribution in [0.3, 0.4) is 0 Å². The summed E-state index contributed by atoms with van der Waals surface area (Å²) in [4.78, 5) is 54.5. The molecular formula is C30H46Cl2N12O7. The van der Waals surface area contributed by atoms with Crippen molar-refractivity contribution >= 4 is 41.2 Å². The van der Waals surface area contributed by atoms with Gasteiger partial charge in [-0.2, -0.15) is 0 Å². The van der Waals surface area contributed by atoms with E-state index in [-0.39, 0.29) is 36.5 Å². The summed E-state index contributed by atoms with van der Waals surface area (Å²) in [5, 5.41) is 19.6. The standard InChI is InChI=1S/C9H15N3O3.C7H6N4O.C5H6N2O.C5H13NO2.C3H4N2.CH2Cl2/c13-5-1-6-15-7-3-11-9(14)12-4-2-10-8-12;12-7(10-3-1-8-5-10)11-4-2-9-6-11;1-5(8)7-3-2-6-4-7;6-2-5-8-4-1-3-7;1-2-5-3-4-1;2-1-3/h2,4,8,13H,1,3,5-7H2,(H,11,14);1-6H;2-4H,1H3;7H,1-6H2;1-3H,(H,4,5);1H2. The number of aliphatic hydroxyl groups excluding tert-OH is 2. The molecule has 0 fully saturated rings. The molecular weight excluding hydrogens is 711 g/mol. The fraction of sp³-hybridized carbons (Fsp3) is 0.400. The second kappa shape index (κ2) is 33.7. The average Bonchev–Trinajstić information content (AvgIpc) is 3.98. The Hall–Kier alpha value is -4.76. The maximum atomic E-state index is 11.4. The van der Waals surface area contributed by atoms with Crippen LogP contribution in [0, 0.1) is 0 Å². The van der Waals surface area contributed by atoms with Crippen molar-refractivity contribution in [2.75, 3.05) is 58.1 Å². The molecule has 0 saturated carbocycles. The van der Waals surface area contributed by atoms with Crippen LogP contribution in [0.4, 0.5) is 9.59 Å². The first-order valence-electron chi connectivity index (χ1n) is 15.2. The van der Waals surface area contributed by atoms with Crippen molar-refractivity contribution in [2.45, 2.75) is 19.8 Å². The number of H-pyrrole nitrogens is 1. The van der Waals surface area contributed by atoms with Crippen molar-refractivity contribution in [1.82, 2.24) is 53.5 Å². The molecule has 21 heteroatoms. The number of aromatic amines is 1. The average molecular weight is 758 g/mol. The molecule has 51 heavy (non-hydrogen) atoms. The molecule has 0 spiro atoms. The molecule has 282 valence electrons. The van der Waals surface area contributed by atoms with E-state index < -0.39 is 0 Å². The Labute approximate surface area is 305 Å². The number of carbonyl (C=O) groups excluding carboxylic acids is 3. The number of nitrogens with one attached hydrogen (secondary N) is 2. The van der Waals surface area contributed by atoms with Gasteiger partial charge in [0.05, 0.1) is 24.9 Å². The number of imidazole rings is 5. The van der Waals surface area contributed by atoms with E-state index in [1.807, 2.05) is 0 Å². The van der Waals surface area contributed by atoms with Crippen LogP contribution >= 0.6 is 23.2 Å². The highest BCUT2D eigenvalue weighted by atomic mass is 35.5. The fourth-order valence-corrected chi connectivity index (χ4v) is 2.86. The van der Waals surface area contributed by atoms with Crippen LogP contribution < -0.4 is 11.1 Å². The molecule has 0 bridgehead atoms. The molecule has 19 nitrogen and oxygen atoms in total. The predicted octanol–water partition coefficient (Wildman–Crippen LogP) is 2.15. The van der Waals surface area contributed by atoms with Crippen LogP contribution in [-0.4, -0.2) is 134 Å². The summed E-state index contributed by atoms with van der Waals surface area (Å²) in [6.45, 7) is 4.99. The van der Waals surface area contributed by atoms with E-state index in [9.17, 15) is 14.4 Å². The molecule has 1 amide bonds. The summed E-state index contributed by atoms with van der Waals surface area (Å²) < 4.78 is 15.6. The van der Waals surface area contributed by atoms with E-state index in [1.54, 1.807) is 62.1 Å². The molecule has 5 rings (SSSR count). The monoisotopic (exact) mass is 756 g/mol. The van der Waals surface area contributed by atoms with Crippen LogP contribution in [0.1, 0.15) is 24.6 Å². The highest BCUT2D eigenvalue weighted by Gasteiger charge is 2.04. The first-order valence-corrected chi connectivity index (χ1v) is 16.3. The molecule has 0 aromatic carbocycles. The Balaban J connectivity index is 0.000000625. The summed E-state index contributed by atoms with van der Waals surface area (Å²) in [5.74, 6) is -0.0116. The van der Waals surface area contributed by atoms with Gasteiger partial charge in [-0.05, 0) is 12.8 Å². The number of hydrogen-bond donors (Lipinski definition) is 5. The molecule has 5 aromatic rings. The van der Waals surface area contributed by atoms with E-state index in [1.165, 1.54) is 56.7 Å². The van der Waals surface area contributed by atoms with E-state index >= 15 is 0 Å². The number of carbonyl (C=O) groups is 3. The predicted molar refractivity (Wildman–Crippen MR) is 189 cm³/mol. The molecule has 0 unspecified atom stereocenters. The third-order valence-electron chi connectivity index (χ3n) is 5.14. The number of halogens is 2. The molecule has 5 heterocycles. The van der Waals surface area contributed by atoms with Crippen LogP contribution in [-0.2, 0) is 9.47 Å². The highest BCUT2D eigenvalue weighted by molar-refractivity contribution is 6.40. The Kier molecular flexibility index (Phi) is 30.6. The zero-order chi connectivity index (χ0) is 37.8. The molecule has 6 N–H and O–H groups in total. The number of nitrogens with zero attached hydrogens (tertiary/aromatic N) is 9. The second-order valence-corrected chi connectivity index (χ2v) is 9.75. The van der Waals surface area contributed by atoms with E-state index in [0.29, 0.717) is 52.4 Å². The number of rotatable bonds is 11. The van der Waals surface area contributed by atoms with Crippen LogP contribution in [0.5, 0.6) is 0 Å². The number of ether oxygens (including phenoxy) is 2. The summed E-state index contributed by atoms with van der Waals surface area (Å²) in [6.07, 6.45) is 24.8. The van der Waals surface area contributed by atoms with Crippen LogP contribution in [0.2, 0.25) is 0 Å². The maximum absolute atomic E-state index is 11.4. The number of hydrogen-bond acceptors (Lipinski definition) is 13. The summed E-state index contributed by atoms with van der Waals surface area (Å²) in [6, 6.07) is -0.414. The minimum Gasteiger partial charge on any atom is -0.396 e. The lowest BCUT2D eigenvalue weighted by Crippen LogP contribution is -2.30. The van der Waals surface area contributed by atoms with Gasteiger partial charge in [0.2, 0.25) is 5.91 Å². The highest BCUT2D eigenvalue weighted by Crippen LogP contribution is 1.92. The largest absolute Gasteiger partial charge is 0.396 e. The minimum absolute atomic E-state index is 0.0116. The van der Waals surface area contributed by atoms with Gasteiger partial charge in [0, 0.05) is 108 Å². The molecule has 0 aliphatic heterocycles. The van der Waals surface area contributed by atoms with Crippen molar-refractivity contribution < 1.29 is 34.1 Å². The minimum atomic E-state index is -0.224. The Morgan fingerprint density at radius 2 is 1.20 bits per heavy atom. The third-order valence-corrected chi connectivity index (χ3v) is 5.14. The van der Waals surface area contributed by atoms with Gasteiger partial charge in [-0.3, -0.25) is 23.1 Å². The van der Waals surface area contributed by atoms with Crippen molar-refractivity contribution in [3.8, 4) is 0 Å². The molecule has 5 aromatic heterocycles. The van der Waals surface area contributed by atoms with E-state index in [2.05, 4.69) is 35.2 Å². The Morgan fingerprint density at radius 1 is 0.725 bits per heavy atom. The number of amides is 1. The number of nitrogens with two attached hydrogens (primary N) is 1. The van der Waals surface area contributed by atoms with Gasteiger partial charge in [0.1, 0.15) is 25.3 Å². The van der Waals surface area contributed by atoms with Gasteiger partial charge < -0.3 is 35.7 Å². The lowest BCUT2D eigenvalue weighted by atomic mass is 10.5. The normalized spacial score (nSPS) is 9.45. The first kappa shape index (κ1) is 46.2. The van der Waals surface area contributed by atoms with E-state index in [0.717, 1.165) is 0 Å². The molecule has 0 saturated heterocycles. The lowest BCUT2D eigenvalue weighted by Gasteiger charge is -2.05. The summed E-state index contributed by atoms with van der Waals surface area (Å²) in [7, 11) is 0. The molecule has 0 aliphatic carbocycles. The third kappa shape index (κ3) is 25.8. The second-order valence-electron chi connectivity index (χ2n) is 8.94. The van der Waals surface area contributed by atoms with Crippen LogP contribution in [0.15, 0.2) is 93.6 Å².